The van der Waals surface area contributed by atoms with Gasteiger partial charge in [-0.1, -0.05) is 96.6 Å². The van der Waals surface area contributed by atoms with E-state index in [2.05, 4.69) is 10.5 Å². The maximum Gasteiger partial charge on any atom is 0.281 e. The van der Waals surface area contributed by atoms with Gasteiger partial charge in [-0.15, -0.1) is 0 Å². The van der Waals surface area contributed by atoms with Crippen LogP contribution in [0.5, 0.6) is 0 Å². The van der Waals surface area contributed by atoms with E-state index in [1.165, 1.54) is 16.4 Å². The molecule has 0 bridgehead atoms. The third-order valence-electron chi connectivity index (χ3n) is 6.37. The maximum absolute atomic E-state index is 13.4. The summed E-state index contributed by atoms with van der Waals surface area (Å²) >= 11 is 0. The number of nitrogens with zero attached hydrogens (tertiary/aromatic N) is 2. The predicted molar refractivity (Wildman–Crippen MR) is 147 cm³/mol. The van der Waals surface area contributed by atoms with Crippen molar-refractivity contribution in [1.82, 2.24) is 9.40 Å². The van der Waals surface area contributed by atoms with Crippen LogP contribution in [0, 0.1) is 6.92 Å². The minimum absolute atomic E-state index is 0.163. The second-order valence-electron chi connectivity index (χ2n) is 8.86. The van der Waals surface area contributed by atoms with E-state index in [0.717, 1.165) is 5.56 Å². The van der Waals surface area contributed by atoms with Crippen molar-refractivity contribution in [1.29, 1.82) is 0 Å². The van der Waals surface area contributed by atoms with Crippen LogP contribution in [0.15, 0.2) is 125 Å². The molecule has 190 valence electrons. The minimum Gasteiger partial charge on any atom is -0.372 e. The number of fused-ring (bicyclic) bond motifs is 1. The molecule has 38 heavy (non-hydrogen) atoms. The largest absolute Gasteiger partial charge is 0.372 e. The normalized spacial score (nSPS) is 12.2. The van der Waals surface area contributed by atoms with Crippen LogP contribution in [0.25, 0.3) is 10.9 Å². The van der Waals surface area contributed by atoms with Gasteiger partial charge in [0.1, 0.15) is 0 Å². The van der Waals surface area contributed by atoms with E-state index in [0.29, 0.717) is 27.6 Å². The molecule has 0 aliphatic rings. The Balaban J connectivity index is 1.49. The van der Waals surface area contributed by atoms with Gasteiger partial charge in [-0.25, -0.2) is 17.8 Å². The lowest BCUT2D eigenvalue weighted by Crippen LogP contribution is -2.43. The van der Waals surface area contributed by atoms with Crippen molar-refractivity contribution in [3.05, 3.63) is 138 Å². The highest BCUT2D eigenvalue weighted by molar-refractivity contribution is 7.90. The molecule has 0 aliphatic carbocycles. The molecule has 2 N–H and O–H groups in total. The average molecular weight is 524 g/mol. The van der Waals surface area contributed by atoms with Crippen molar-refractivity contribution in [2.75, 3.05) is 0 Å². The summed E-state index contributed by atoms with van der Waals surface area (Å²) in [4.78, 5) is 13.5. The van der Waals surface area contributed by atoms with Crippen molar-refractivity contribution in [3.8, 4) is 0 Å². The number of carbonyl (C=O) groups excluding carboxylic acids is 1. The van der Waals surface area contributed by atoms with Crippen molar-refractivity contribution >= 4 is 33.0 Å². The lowest BCUT2D eigenvalue weighted by molar-refractivity contribution is -0.136. The zero-order valence-corrected chi connectivity index (χ0v) is 21.3. The monoisotopic (exact) mass is 523 g/mol. The van der Waals surface area contributed by atoms with Gasteiger partial charge in [0.05, 0.1) is 16.6 Å². The van der Waals surface area contributed by atoms with Crippen LogP contribution in [0.3, 0.4) is 0 Å². The van der Waals surface area contributed by atoms with Crippen molar-refractivity contribution < 1.29 is 18.3 Å². The van der Waals surface area contributed by atoms with Crippen LogP contribution in [0.1, 0.15) is 22.3 Å². The Hall–Kier alpha value is -4.53. The van der Waals surface area contributed by atoms with Gasteiger partial charge in [-0.2, -0.15) is 5.10 Å². The van der Waals surface area contributed by atoms with E-state index in [1.54, 1.807) is 109 Å². The fourth-order valence-electron chi connectivity index (χ4n) is 4.33. The Bertz CT molecular complexity index is 1690. The Labute approximate surface area is 220 Å². The summed E-state index contributed by atoms with van der Waals surface area (Å²) in [6.07, 6.45) is 2.84. The Morgan fingerprint density at radius 1 is 0.842 bits per heavy atom. The second kappa shape index (κ2) is 10.1. The van der Waals surface area contributed by atoms with Crippen LogP contribution in [-0.4, -0.2) is 29.6 Å². The van der Waals surface area contributed by atoms with Crippen molar-refractivity contribution in [2.24, 2.45) is 5.10 Å². The van der Waals surface area contributed by atoms with Crippen molar-refractivity contribution in [2.45, 2.75) is 17.4 Å². The van der Waals surface area contributed by atoms with Crippen LogP contribution in [-0.2, 0) is 20.4 Å². The van der Waals surface area contributed by atoms with Gasteiger partial charge in [0.25, 0.3) is 15.9 Å². The molecular weight excluding hydrogens is 498 g/mol. The first-order chi connectivity index (χ1) is 18.3. The lowest BCUT2D eigenvalue weighted by atomic mass is 9.85. The zero-order valence-electron chi connectivity index (χ0n) is 20.5. The van der Waals surface area contributed by atoms with Crippen LogP contribution >= 0.6 is 0 Å². The Morgan fingerprint density at radius 3 is 2.00 bits per heavy atom. The number of hydrogen-bond donors (Lipinski definition) is 2. The van der Waals surface area contributed by atoms with Crippen molar-refractivity contribution in [3.63, 3.8) is 0 Å². The second-order valence-corrected chi connectivity index (χ2v) is 10.7. The number of aliphatic hydroxyl groups is 1. The molecule has 0 saturated carbocycles. The molecule has 4 aromatic carbocycles. The molecule has 8 heteroatoms. The molecule has 1 heterocycles. The minimum atomic E-state index is -3.87. The highest BCUT2D eigenvalue weighted by atomic mass is 32.2. The fraction of sp³-hybridized carbons (Fsp3) is 0.0667. The summed E-state index contributed by atoms with van der Waals surface area (Å²) in [7, 11) is -3.87. The van der Waals surface area contributed by atoms with Crippen LogP contribution < -0.4 is 5.43 Å². The summed E-state index contributed by atoms with van der Waals surface area (Å²) < 4.78 is 28.0. The standard InChI is InChI=1S/C30H25N3O4S/c1-22-16-18-26(19-17-22)38(36,37)33-21-23(27-14-8-9-15-28(27)33)20-31-32-29(34)30(35,24-10-4-2-5-11-24)25-12-6-3-7-13-25/h2-21,35H,1H3,(H,32,34). The van der Waals surface area contributed by atoms with E-state index in [9.17, 15) is 18.3 Å². The molecule has 1 aromatic heterocycles. The number of amides is 1. The van der Waals surface area contributed by atoms with Gasteiger partial charge in [0.2, 0.25) is 0 Å². The van der Waals surface area contributed by atoms with Crippen LogP contribution in [0.4, 0.5) is 0 Å². The van der Waals surface area contributed by atoms with Crippen LogP contribution in [0.2, 0.25) is 0 Å². The summed E-state index contributed by atoms with van der Waals surface area (Å²) in [6.45, 7) is 1.89. The molecule has 5 aromatic rings. The van der Waals surface area contributed by atoms with Gasteiger partial charge < -0.3 is 5.11 Å². The molecule has 5 rings (SSSR count). The van der Waals surface area contributed by atoms with Gasteiger partial charge >= 0.3 is 0 Å². The van der Waals surface area contributed by atoms with Gasteiger partial charge in [0.15, 0.2) is 5.60 Å². The summed E-state index contributed by atoms with van der Waals surface area (Å²) in [5, 5.41) is 16.3. The highest BCUT2D eigenvalue weighted by Gasteiger charge is 2.39. The summed E-state index contributed by atoms with van der Waals surface area (Å²) in [6, 6.07) is 30.9. The number of benzene rings is 4. The predicted octanol–water partition coefficient (Wildman–Crippen LogP) is 4.57. The number of aryl methyl sites for hydroxylation is 1. The molecule has 0 saturated heterocycles. The Kier molecular flexibility index (Phi) is 6.67. The first kappa shape index (κ1) is 25.1. The number of carbonyl (C=O) groups is 1. The Morgan fingerprint density at radius 2 is 1.39 bits per heavy atom. The SMILES string of the molecule is Cc1ccc(S(=O)(=O)n2cc(C=NNC(=O)C(O)(c3ccccc3)c3ccccc3)c3ccccc32)cc1. The molecule has 0 radical (unpaired) electrons. The number of hydrazone groups is 1. The third kappa shape index (κ3) is 4.51. The smallest absolute Gasteiger partial charge is 0.281 e. The topological polar surface area (TPSA) is 101 Å². The molecular formula is C30H25N3O4S. The molecule has 7 nitrogen and oxygen atoms in total. The van der Waals surface area contributed by atoms with E-state index in [-0.39, 0.29) is 4.90 Å². The number of aromatic nitrogens is 1. The maximum atomic E-state index is 13.4. The number of rotatable bonds is 7. The van der Waals surface area contributed by atoms with Gasteiger partial charge in [0, 0.05) is 17.1 Å². The number of para-hydroxylation sites is 1. The zero-order chi connectivity index (χ0) is 26.8. The fourth-order valence-corrected chi connectivity index (χ4v) is 5.71. The van der Waals surface area contributed by atoms with E-state index in [1.807, 2.05) is 6.92 Å². The highest BCUT2D eigenvalue weighted by Crippen LogP contribution is 2.30. The number of hydrogen-bond acceptors (Lipinski definition) is 5. The first-order valence-electron chi connectivity index (χ1n) is 11.9. The average Bonchev–Trinajstić information content (AvgIpc) is 3.33. The molecule has 0 fully saturated rings. The van der Waals surface area contributed by atoms with Gasteiger partial charge in [-0.3, -0.25) is 4.79 Å². The molecule has 0 spiro atoms. The molecule has 1 amide bonds. The quantitative estimate of drug-likeness (QED) is 0.241. The van der Waals surface area contributed by atoms with E-state index in [4.69, 9.17) is 0 Å². The number of nitrogens with one attached hydrogen (secondary N) is 1. The molecule has 0 unspecified atom stereocenters. The summed E-state index contributed by atoms with van der Waals surface area (Å²) in [5.41, 5.74) is 3.15. The molecule has 0 aliphatic heterocycles. The first-order valence-corrected chi connectivity index (χ1v) is 13.3. The van der Waals surface area contributed by atoms with Gasteiger partial charge in [-0.05, 0) is 36.2 Å². The lowest BCUT2D eigenvalue weighted by Gasteiger charge is -2.27. The summed E-state index contributed by atoms with van der Waals surface area (Å²) in [5.74, 6) is -0.748. The van der Waals surface area contributed by atoms with E-state index >= 15 is 0 Å². The molecule has 0 atom stereocenters. The van der Waals surface area contributed by atoms with E-state index < -0.39 is 21.5 Å². The third-order valence-corrected chi connectivity index (χ3v) is 8.06.